The number of benzene rings is 1. The first kappa shape index (κ1) is 24.2. The van der Waals surface area contributed by atoms with Crippen molar-refractivity contribution in [2.45, 2.75) is 56.8 Å². The second-order valence-corrected chi connectivity index (χ2v) is 9.80. The number of nitrogens with zero attached hydrogens (tertiary/aromatic N) is 2. The molecule has 0 spiro atoms. The zero-order valence-corrected chi connectivity index (χ0v) is 20.4. The van der Waals surface area contributed by atoms with Crippen LogP contribution >= 0.6 is 0 Å². The first-order chi connectivity index (χ1) is 17.5. The van der Waals surface area contributed by atoms with E-state index in [9.17, 15) is 14.4 Å². The van der Waals surface area contributed by atoms with E-state index in [2.05, 4.69) is 15.6 Å². The molecule has 1 aromatic heterocycles. The van der Waals surface area contributed by atoms with Crippen molar-refractivity contribution in [1.82, 2.24) is 15.2 Å². The minimum absolute atomic E-state index is 0.00398. The van der Waals surface area contributed by atoms with E-state index in [0.29, 0.717) is 30.0 Å². The molecule has 2 fully saturated rings. The van der Waals surface area contributed by atoms with Crippen molar-refractivity contribution >= 4 is 23.4 Å². The summed E-state index contributed by atoms with van der Waals surface area (Å²) in [4.78, 5) is 43.7. The van der Waals surface area contributed by atoms with Crippen LogP contribution in [0.3, 0.4) is 0 Å². The summed E-state index contributed by atoms with van der Waals surface area (Å²) in [5.41, 5.74) is 2.15. The highest BCUT2D eigenvalue weighted by Gasteiger charge is 2.39. The molecule has 9 heteroatoms. The molecule has 36 heavy (non-hydrogen) atoms. The lowest BCUT2D eigenvalue weighted by molar-refractivity contribution is -0.134. The molecule has 0 radical (unpaired) electrons. The Labute approximate surface area is 210 Å². The summed E-state index contributed by atoms with van der Waals surface area (Å²) < 4.78 is 12.3. The van der Waals surface area contributed by atoms with E-state index in [0.717, 1.165) is 31.2 Å². The summed E-state index contributed by atoms with van der Waals surface area (Å²) in [5, 5.41) is 5.86. The number of nitrogens with one attached hydrogen (secondary N) is 2. The van der Waals surface area contributed by atoms with E-state index in [-0.39, 0.29) is 54.9 Å². The first-order valence-electron chi connectivity index (χ1n) is 12.6. The van der Waals surface area contributed by atoms with Crippen molar-refractivity contribution in [2.75, 3.05) is 25.5 Å². The molecule has 1 saturated carbocycles. The topological polar surface area (TPSA) is 110 Å². The minimum Gasteiger partial charge on any atom is -0.490 e. The third kappa shape index (κ3) is 5.67. The van der Waals surface area contributed by atoms with Crippen LogP contribution in [0, 0.1) is 5.92 Å². The fourth-order valence-corrected chi connectivity index (χ4v) is 4.87. The van der Waals surface area contributed by atoms with Gasteiger partial charge in [0.2, 0.25) is 11.8 Å². The van der Waals surface area contributed by atoms with Crippen LogP contribution in [0.15, 0.2) is 42.7 Å². The zero-order chi connectivity index (χ0) is 25.1. The van der Waals surface area contributed by atoms with E-state index in [1.165, 1.54) is 0 Å². The van der Waals surface area contributed by atoms with Gasteiger partial charge in [-0.25, -0.2) is 0 Å². The van der Waals surface area contributed by atoms with Gasteiger partial charge in [-0.05, 0) is 68.0 Å². The highest BCUT2D eigenvalue weighted by atomic mass is 16.5. The van der Waals surface area contributed by atoms with Crippen LogP contribution in [0.1, 0.15) is 48.0 Å². The molecule has 3 amide bonds. The zero-order valence-electron chi connectivity index (χ0n) is 20.4. The first-order valence-corrected chi connectivity index (χ1v) is 12.6. The van der Waals surface area contributed by atoms with Crippen molar-refractivity contribution in [3.05, 3.63) is 53.9 Å². The molecule has 3 heterocycles. The van der Waals surface area contributed by atoms with E-state index < -0.39 is 0 Å². The Morgan fingerprint density at radius 2 is 1.92 bits per heavy atom. The summed E-state index contributed by atoms with van der Waals surface area (Å²) >= 11 is 0. The molecule has 2 aromatic rings. The lowest BCUT2D eigenvalue weighted by Crippen LogP contribution is -2.54. The van der Waals surface area contributed by atoms with E-state index in [1.807, 2.05) is 12.1 Å². The molecular formula is C27H32N4O5. The Morgan fingerprint density at radius 1 is 1.11 bits per heavy atom. The molecule has 3 aliphatic rings. The van der Waals surface area contributed by atoms with Crippen LogP contribution in [-0.4, -0.2) is 66.1 Å². The van der Waals surface area contributed by atoms with Gasteiger partial charge in [0, 0.05) is 37.6 Å². The van der Waals surface area contributed by atoms with Crippen LogP contribution < -0.4 is 15.4 Å². The Morgan fingerprint density at radius 3 is 2.69 bits per heavy atom. The summed E-state index contributed by atoms with van der Waals surface area (Å²) in [6.45, 7) is 0.838. The lowest BCUT2D eigenvalue weighted by atomic mass is 9.94. The molecule has 2 N–H and O–H groups in total. The van der Waals surface area contributed by atoms with Gasteiger partial charge in [-0.2, -0.15) is 0 Å². The lowest BCUT2D eigenvalue weighted by Gasteiger charge is -2.42. The van der Waals surface area contributed by atoms with Crippen molar-refractivity contribution in [3.63, 3.8) is 0 Å². The van der Waals surface area contributed by atoms with Crippen molar-refractivity contribution < 1.29 is 23.9 Å². The highest BCUT2D eigenvalue weighted by molar-refractivity contribution is 6.00. The van der Waals surface area contributed by atoms with Crippen LogP contribution in [0.2, 0.25) is 0 Å². The molecule has 1 aliphatic carbocycles. The molecule has 0 bridgehead atoms. The van der Waals surface area contributed by atoms with E-state index >= 15 is 0 Å². The van der Waals surface area contributed by atoms with Gasteiger partial charge >= 0.3 is 0 Å². The SMILES string of the molecule is CN1C(=O)c2cc(NC(=O)C3CC3)ccc2OC[C@@H]2O[C@@H](CC(=O)NCCc3ccncc3)CC[C@H]21. The van der Waals surface area contributed by atoms with Crippen LogP contribution in [-0.2, 0) is 20.7 Å². The number of carbonyl (C=O) groups excluding carboxylic acids is 3. The Kier molecular flexibility index (Phi) is 7.18. The van der Waals surface area contributed by atoms with Gasteiger partial charge in [0.15, 0.2) is 0 Å². The third-order valence-corrected chi connectivity index (χ3v) is 7.13. The minimum atomic E-state index is -0.329. The summed E-state index contributed by atoms with van der Waals surface area (Å²) in [6.07, 6.45) is 7.19. The average molecular weight is 493 g/mol. The second-order valence-electron chi connectivity index (χ2n) is 9.80. The number of fused-ring (bicyclic) bond motifs is 2. The second kappa shape index (κ2) is 10.7. The molecule has 9 nitrogen and oxygen atoms in total. The number of hydrogen-bond donors (Lipinski definition) is 2. The maximum atomic E-state index is 13.3. The molecule has 0 unspecified atom stereocenters. The Bertz CT molecular complexity index is 1120. The fourth-order valence-electron chi connectivity index (χ4n) is 4.87. The van der Waals surface area contributed by atoms with Gasteiger partial charge in [0.25, 0.3) is 5.91 Å². The summed E-state index contributed by atoms with van der Waals surface area (Å²) in [5.74, 6) is 0.330. The Balaban J connectivity index is 1.17. The number of rotatable bonds is 7. The summed E-state index contributed by atoms with van der Waals surface area (Å²) in [6, 6.07) is 8.89. The standard InChI is InChI=1S/C27H32N4O5/c1-31-22-6-5-20(15-25(32)29-13-10-17-8-11-28-12-9-17)36-24(22)16-35-23-7-4-19(14-21(23)27(31)34)30-26(33)18-2-3-18/h4,7-9,11-12,14,18,20,22,24H,2-3,5-6,10,13,15-16H2,1H3,(H,29,32)(H,30,33)/t20-,22-,24+/m1/s1. The predicted octanol–water partition coefficient (Wildman–Crippen LogP) is 2.56. The number of pyridine rings is 1. The number of carbonyl (C=O) groups is 3. The van der Waals surface area contributed by atoms with Crippen LogP contribution in [0.25, 0.3) is 0 Å². The number of hydrogen-bond acceptors (Lipinski definition) is 6. The molecule has 3 atom stereocenters. The van der Waals surface area contributed by atoms with Crippen LogP contribution in [0.4, 0.5) is 5.69 Å². The van der Waals surface area contributed by atoms with Gasteiger partial charge in [0.1, 0.15) is 18.5 Å². The average Bonchev–Trinajstić information content (AvgIpc) is 3.73. The Hall–Kier alpha value is -3.46. The number of amides is 3. The molecule has 1 aromatic carbocycles. The number of ether oxygens (including phenoxy) is 2. The molecule has 1 saturated heterocycles. The third-order valence-electron chi connectivity index (χ3n) is 7.13. The van der Waals surface area contributed by atoms with Crippen molar-refractivity contribution in [2.24, 2.45) is 5.92 Å². The van der Waals surface area contributed by atoms with Gasteiger partial charge < -0.3 is 25.0 Å². The largest absolute Gasteiger partial charge is 0.490 e. The number of likely N-dealkylation sites (N-methyl/N-ethyl adjacent to an activating group) is 1. The van der Waals surface area contributed by atoms with Gasteiger partial charge in [-0.3, -0.25) is 19.4 Å². The van der Waals surface area contributed by atoms with Gasteiger partial charge in [0.05, 0.1) is 24.1 Å². The number of anilines is 1. The smallest absolute Gasteiger partial charge is 0.257 e. The molecule has 190 valence electrons. The summed E-state index contributed by atoms with van der Waals surface area (Å²) in [7, 11) is 1.78. The highest BCUT2D eigenvalue weighted by Crippen LogP contribution is 2.34. The quantitative estimate of drug-likeness (QED) is 0.615. The van der Waals surface area contributed by atoms with E-state index in [4.69, 9.17) is 9.47 Å². The fraction of sp³-hybridized carbons (Fsp3) is 0.481. The monoisotopic (exact) mass is 492 g/mol. The van der Waals surface area contributed by atoms with Gasteiger partial charge in [-0.15, -0.1) is 0 Å². The molecular weight excluding hydrogens is 460 g/mol. The normalized spacial score (nSPS) is 23.4. The van der Waals surface area contributed by atoms with E-state index in [1.54, 1.807) is 42.5 Å². The number of aromatic nitrogens is 1. The van der Waals surface area contributed by atoms with Crippen molar-refractivity contribution in [1.29, 1.82) is 0 Å². The predicted molar refractivity (Wildman–Crippen MR) is 133 cm³/mol. The molecule has 5 rings (SSSR count). The van der Waals surface area contributed by atoms with Crippen LogP contribution in [0.5, 0.6) is 5.75 Å². The van der Waals surface area contributed by atoms with Gasteiger partial charge in [-0.1, -0.05) is 0 Å². The maximum absolute atomic E-state index is 13.3. The molecule has 2 aliphatic heterocycles. The maximum Gasteiger partial charge on any atom is 0.257 e. The van der Waals surface area contributed by atoms with Crippen molar-refractivity contribution in [3.8, 4) is 5.75 Å².